The van der Waals surface area contributed by atoms with E-state index in [-0.39, 0.29) is 0 Å². The number of ether oxygens (including phenoxy) is 1. The summed E-state index contributed by atoms with van der Waals surface area (Å²) >= 11 is 7.53. The van der Waals surface area contributed by atoms with Crippen LogP contribution in [0.2, 0.25) is 0 Å². The van der Waals surface area contributed by atoms with Gasteiger partial charge in [-0.1, -0.05) is 31.9 Å². The zero-order chi connectivity index (χ0) is 8.34. The molecule has 3 rings (SSSR count). The Morgan fingerprint density at radius 2 is 1.50 bits per heavy atom. The van der Waals surface area contributed by atoms with E-state index in [4.69, 9.17) is 4.74 Å². The Balaban J connectivity index is 1.78. The van der Waals surface area contributed by atoms with Gasteiger partial charge in [0.2, 0.25) is 0 Å². The molecule has 0 bridgehead atoms. The zero-order valence-electron chi connectivity index (χ0n) is 6.80. The minimum atomic E-state index is 0.310. The van der Waals surface area contributed by atoms with E-state index in [2.05, 4.69) is 31.9 Å². The summed E-state index contributed by atoms with van der Waals surface area (Å²) in [4.78, 5) is 0. The van der Waals surface area contributed by atoms with Gasteiger partial charge >= 0.3 is 0 Å². The van der Waals surface area contributed by atoms with Gasteiger partial charge in [-0.2, -0.15) is 0 Å². The van der Waals surface area contributed by atoms with Crippen LogP contribution >= 0.6 is 31.9 Å². The molecule has 0 amide bonds. The van der Waals surface area contributed by atoms with Crippen molar-refractivity contribution in [3.8, 4) is 0 Å². The Morgan fingerprint density at radius 3 is 2.00 bits per heavy atom. The van der Waals surface area contributed by atoms with Gasteiger partial charge in [-0.25, -0.2) is 0 Å². The zero-order valence-corrected chi connectivity index (χ0v) is 9.97. The predicted molar refractivity (Wildman–Crippen MR) is 54.6 cm³/mol. The summed E-state index contributed by atoms with van der Waals surface area (Å²) in [5, 5.41) is 0. The molecule has 2 saturated carbocycles. The van der Waals surface area contributed by atoms with Crippen molar-refractivity contribution in [3.63, 3.8) is 0 Å². The van der Waals surface area contributed by atoms with Crippen LogP contribution in [-0.2, 0) is 4.74 Å². The van der Waals surface area contributed by atoms with Crippen LogP contribution in [0.3, 0.4) is 0 Å². The number of alkyl halides is 2. The van der Waals surface area contributed by atoms with E-state index < -0.39 is 0 Å². The molecule has 4 atom stereocenters. The molecule has 1 saturated heterocycles. The Hall–Kier alpha value is 0.920. The highest BCUT2D eigenvalue weighted by atomic mass is 79.9. The number of halogens is 2. The Morgan fingerprint density at radius 1 is 1.00 bits per heavy atom. The Bertz CT molecular complexity index is 193. The van der Waals surface area contributed by atoms with Crippen molar-refractivity contribution in [2.24, 2.45) is 23.7 Å². The normalized spacial score (nSPS) is 54.5. The van der Waals surface area contributed by atoms with Crippen LogP contribution in [0.1, 0.15) is 12.8 Å². The van der Waals surface area contributed by atoms with Crippen LogP contribution in [0.15, 0.2) is 0 Å². The summed E-state index contributed by atoms with van der Waals surface area (Å²) in [6, 6.07) is 0. The first-order valence-electron chi connectivity index (χ1n) is 4.65. The smallest absolute Gasteiger partial charge is 0.0868 e. The number of rotatable bonds is 0. The molecule has 1 heterocycles. The molecule has 0 spiro atoms. The lowest BCUT2D eigenvalue weighted by Crippen LogP contribution is -2.18. The van der Waals surface area contributed by atoms with Crippen molar-refractivity contribution in [1.29, 1.82) is 0 Å². The lowest BCUT2D eigenvalue weighted by Gasteiger charge is -2.21. The molecule has 0 N–H and O–H groups in total. The molecule has 0 radical (unpaired) electrons. The van der Waals surface area contributed by atoms with Crippen LogP contribution in [0, 0.1) is 23.7 Å². The van der Waals surface area contributed by atoms with Crippen molar-refractivity contribution >= 4 is 31.9 Å². The quantitative estimate of drug-likeness (QED) is 0.625. The first-order valence-corrected chi connectivity index (χ1v) is 6.23. The van der Waals surface area contributed by atoms with E-state index in [0.717, 1.165) is 36.9 Å². The number of hydrogen-bond donors (Lipinski definition) is 0. The van der Waals surface area contributed by atoms with Crippen molar-refractivity contribution in [2.75, 3.05) is 13.2 Å². The Labute approximate surface area is 89.5 Å². The fraction of sp³-hybridized carbons (Fsp3) is 1.00. The van der Waals surface area contributed by atoms with Crippen LogP contribution in [0.25, 0.3) is 0 Å². The third kappa shape index (κ3) is 0.992. The van der Waals surface area contributed by atoms with Crippen molar-refractivity contribution in [3.05, 3.63) is 0 Å². The van der Waals surface area contributed by atoms with Gasteiger partial charge in [0.25, 0.3) is 0 Å². The maximum absolute atomic E-state index is 5.50. The monoisotopic (exact) mass is 294 g/mol. The second-order valence-corrected chi connectivity index (χ2v) is 8.11. The minimum absolute atomic E-state index is 0.310. The lowest BCUT2D eigenvalue weighted by atomic mass is 9.82. The van der Waals surface area contributed by atoms with Gasteiger partial charge in [-0.05, 0) is 36.5 Å². The summed E-state index contributed by atoms with van der Waals surface area (Å²) < 4.78 is 5.81. The van der Waals surface area contributed by atoms with Gasteiger partial charge in [-0.15, -0.1) is 0 Å². The fourth-order valence-corrected chi connectivity index (χ4v) is 4.68. The lowest BCUT2D eigenvalue weighted by molar-refractivity contribution is 0.180. The van der Waals surface area contributed by atoms with E-state index in [1.54, 1.807) is 0 Å². The number of fused-ring (bicyclic) bond motifs is 2. The van der Waals surface area contributed by atoms with Crippen LogP contribution in [0.5, 0.6) is 0 Å². The second-order valence-electron chi connectivity index (χ2n) is 4.42. The molecule has 3 aliphatic rings. The van der Waals surface area contributed by atoms with Gasteiger partial charge in [0.1, 0.15) is 0 Å². The highest BCUT2D eigenvalue weighted by Gasteiger charge is 2.65. The van der Waals surface area contributed by atoms with Crippen LogP contribution < -0.4 is 0 Å². The van der Waals surface area contributed by atoms with E-state index in [1.165, 1.54) is 12.8 Å². The maximum Gasteiger partial charge on any atom is 0.0868 e. The minimum Gasteiger partial charge on any atom is -0.381 e. The van der Waals surface area contributed by atoms with Gasteiger partial charge in [0, 0.05) is 13.2 Å². The molecule has 3 heteroatoms. The van der Waals surface area contributed by atoms with Crippen molar-refractivity contribution in [2.45, 2.75) is 16.1 Å². The molecule has 68 valence electrons. The standard InChI is InChI=1S/C9H12Br2O/c10-9(11)7-1-5-3-12-4-6(5)2-8(7)9/h5-8H,1-4H2/t5-,6+,7-,8+. The molecule has 0 unspecified atom stereocenters. The molecular weight excluding hydrogens is 284 g/mol. The fourth-order valence-electron chi connectivity index (χ4n) is 2.92. The molecule has 12 heavy (non-hydrogen) atoms. The van der Waals surface area contributed by atoms with Gasteiger partial charge in [-0.3, -0.25) is 0 Å². The van der Waals surface area contributed by atoms with E-state index >= 15 is 0 Å². The summed E-state index contributed by atoms with van der Waals surface area (Å²) in [5.74, 6) is 3.48. The largest absolute Gasteiger partial charge is 0.381 e. The SMILES string of the molecule is BrC1(Br)[C@@H]2C[C@@H]3COC[C@@H]3C[C@@H]21. The van der Waals surface area contributed by atoms with Crippen molar-refractivity contribution in [1.82, 2.24) is 0 Å². The third-order valence-electron chi connectivity index (χ3n) is 3.81. The molecular formula is C9H12Br2O. The molecule has 1 aliphatic heterocycles. The first kappa shape index (κ1) is 8.25. The second kappa shape index (κ2) is 2.48. The third-order valence-corrected chi connectivity index (χ3v) is 6.16. The number of hydrogen-bond acceptors (Lipinski definition) is 1. The van der Waals surface area contributed by atoms with Gasteiger partial charge in [0.15, 0.2) is 0 Å². The van der Waals surface area contributed by atoms with Crippen LogP contribution in [0.4, 0.5) is 0 Å². The highest BCUT2D eigenvalue weighted by Crippen LogP contribution is 2.69. The van der Waals surface area contributed by atoms with E-state index in [9.17, 15) is 0 Å². The first-order chi connectivity index (χ1) is 5.69. The highest BCUT2D eigenvalue weighted by molar-refractivity contribution is 9.25. The average molecular weight is 296 g/mol. The summed E-state index contributed by atoms with van der Waals surface area (Å²) in [6.07, 6.45) is 2.73. The molecule has 0 aromatic rings. The Kier molecular flexibility index (Phi) is 1.71. The van der Waals surface area contributed by atoms with E-state index in [0.29, 0.717) is 3.23 Å². The maximum atomic E-state index is 5.50. The predicted octanol–water partition coefficient (Wildman–Crippen LogP) is 2.77. The summed E-state index contributed by atoms with van der Waals surface area (Å²) in [5.41, 5.74) is 0. The summed E-state index contributed by atoms with van der Waals surface area (Å²) in [7, 11) is 0. The summed E-state index contributed by atoms with van der Waals surface area (Å²) in [6.45, 7) is 2.04. The molecule has 0 aromatic carbocycles. The van der Waals surface area contributed by atoms with Crippen molar-refractivity contribution < 1.29 is 4.74 Å². The molecule has 1 nitrogen and oxygen atoms in total. The topological polar surface area (TPSA) is 9.23 Å². The molecule has 3 fully saturated rings. The average Bonchev–Trinajstić information content (AvgIpc) is 2.50. The van der Waals surface area contributed by atoms with Gasteiger partial charge < -0.3 is 4.74 Å². The molecule has 0 aromatic heterocycles. The van der Waals surface area contributed by atoms with Crippen LogP contribution in [-0.4, -0.2) is 16.4 Å². The van der Waals surface area contributed by atoms with Gasteiger partial charge in [0.05, 0.1) is 3.23 Å². The molecule has 2 aliphatic carbocycles. The van der Waals surface area contributed by atoms with E-state index in [1.807, 2.05) is 0 Å².